The van der Waals surface area contributed by atoms with Gasteiger partial charge in [-0.3, -0.25) is 4.79 Å². The van der Waals surface area contributed by atoms with E-state index in [0.29, 0.717) is 25.2 Å². The fraction of sp³-hybridized carbons (Fsp3) is 0.500. The number of hydrogen-bond acceptors (Lipinski definition) is 5. The highest BCUT2D eigenvalue weighted by Gasteiger charge is 2.37. The summed E-state index contributed by atoms with van der Waals surface area (Å²) in [5.74, 6) is 0.149. The van der Waals surface area contributed by atoms with E-state index in [9.17, 15) is 13.2 Å². The number of nitrogens with zero attached hydrogens (tertiary/aromatic N) is 1. The molecule has 0 N–H and O–H groups in total. The van der Waals surface area contributed by atoms with Crippen LogP contribution in [0.5, 0.6) is 0 Å². The van der Waals surface area contributed by atoms with Crippen molar-refractivity contribution in [2.24, 2.45) is 0 Å². The predicted octanol–water partition coefficient (Wildman–Crippen LogP) is 2.24. The summed E-state index contributed by atoms with van der Waals surface area (Å²) in [5, 5.41) is 0.863. The first kappa shape index (κ1) is 16.6. The predicted molar refractivity (Wildman–Crippen MR) is 93.3 cm³/mol. The average Bonchev–Trinajstić information content (AvgIpc) is 3.30. The molecule has 1 aromatic heterocycles. The van der Waals surface area contributed by atoms with Crippen LogP contribution in [0.15, 0.2) is 34.7 Å². The minimum Gasteiger partial charge on any atom is -0.451 e. The van der Waals surface area contributed by atoms with Crippen molar-refractivity contribution in [2.45, 2.75) is 31.4 Å². The molecule has 2 saturated heterocycles. The van der Waals surface area contributed by atoms with Crippen molar-refractivity contribution >= 4 is 26.7 Å². The highest BCUT2D eigenvalue weighted by atomic mass is 32.2. The number of sulfone groups is 1. The van der Waals surface area contributed by atoms with Gasteiger partial charge in [-0.2, -0.15) is 0 Å². The molecule has 134 valence electrons. The van der Waals surface area contributed by atoms with Crippen LogP contribution < -0.4 is 0 Å². The molecule has 6 nitrogen and oxygen atoms in total. The minimum atomic E-state index is -3.08. The number of rotatable bonds is 4. The van der Waals surface area contributed by atoms with Crippen LogP contribution in [0.25, 0.3) is 11.0 Å². The molecule has 1 aromatic carbocycles. The number of fused-ring (bicyclic) bond motifs is 1. The first-order chi connectivity index (χ1) is 12.0. The minimum absolute atomic E-state index is 0.0195. The van der Waals surface area contributed by atoms with Crippen LogP contribution in [0.1, 0.15) is 29.8 Å². The third kappa shape index (κ3) is 3.43. The number of hydrogen-bond donors (Lipinski definition) is 0. The normalized spacial score (nSPS) is 25.4. The van der Waals surface area contributed by atoms with Crippen LogP contribution in [0, 0.1) is 0 Å². The van der Waals surface area contributed by atoms with Crippen molar-refractivity contribution in [3.8, 4) is 0 Å². The Labute approximate surface area is 146 Å². The van der Waals surface area contributed by atoms with Gasteiger partial charge in [-0.15, -0.1) is 0 Å². The van der Waals surface area contributed by atoms with Crippen molar-refractivity contribution in [3.63, 3.8) is 0 Å². The first-order valence-electron chi connectivity index (χ1n) is 8.63. The maximum Gasteiger partial charge on any atom is 0.289 e. The number of carbonyl (C=O) groups is 1. The van der Waals surface area contributed by atoms with Gasteiger partial charge < -0.3 is 14.1 Å². The molecular formula is C18H21NO5S. The van der Waals surface area contributed by atoms with Gasteiger partial charge in [-0.25, -0.2) is 8.42 Å². The topological polar surface area (TPSA) is 76.8 Å². The van der Waals surface area contributed by atoms with E-state index >= 15 is 0 Å². The van der Waals surface area contributed by atoms with Gasteiger partial charge in [0.15, 0.2) is 15.6 Å². The van der Waals surface area contributed by atoms with E-state index in [1.165, 1.54) is 0 Å². The third-order valence-corrected chi connectivity index (χ3v) is 6.72. The molecule has 2 aliphatic heterocycles. The molecule has 1 amide bonds. The van der Waals surface area contributed by atoms with Gasteiger partial charge in [0.1, 0.15) is 5.58 Å². The van der Waals surface area contributed by atoms with E-state index < -0.39 is 9.84 Å². The Morgan fingerprint density at radius 3 is 2.76 bits per heavy atom. The molecule has 0 saturated carbocycles. The maximum absolute atomic E-state index is 13.1. The van der Waals surface area contributed by atoms with Crippen molar-refractivity contribution in [1.29, 1.82) is 0 Å². The zero-order chi connectivity index (χ0) is 17.4. The Morgan fingerprint density at radius 1 is 1.24 bits per heavy atom. The Bertz CT molecular complexity index is 849. The van der Waals surface area contributed by atoms with Crippen molar-refractivity contribution in [3.05, 3.63) is 36.1 Å². The van der Waals surface area contributed by atoms with Crippen LogP contribution in [0.3, 0.4) is 0 Å². The second kappa shape index (κ2) is 6.46. The van der Waals surface area contributed by atoms with Crippen molar-refractivity contribution in [2.75, 3.05) is 24.7 Å². The molecule has 0 unspecified atom stereocenters. The average molecular weight is 363 g/mol. The number of para-hydroxylation sites is 1. The Balaban J connectivity index is 1.62. The molecule has 25 heavy (non-hydrogen) atoms. The van der Waals surface area contributed by atoms with Crippen LogP contribution in [-0.4, -0.2) is 56.0 Å². The van der Waals surface area contributed by atoms with E-state index in [4.69, 9.17) is 9.15 Å². The third-order valence-electron chi connectivity index (χ3n) is 4.97. The van der Waals surface area contributed by atoms with Crippen LogP contribution in [0.4, 0.5) is 0 Å². The summed E-state index contributed by atoms with van der Waals surface area (Å²) in [4.78, 5) is 14.7. The van der Waals surface area contributed by atoms with Gasteiger partial charge in [-0.05, 0) is 31.4 Å². The molecular weight excluding hydrogens is 342 g/mol. The summed E-state index contributed by atoms with van der Waals surface area (Å²) in [6.45, 7) is 1.11. The second-order valence-corrected chi connectivity index (χ2v) is 9.03. The lowest BCUT2D eigenvalue weighted by Crippen LogP contribution is -2.45. The largest absolute Gasteiger partial charge is 0.451 e. The fourth-order valence-corrected chi connectivity index (χ4v) is 5.39. The molecule has 0 aliphatic carbocycles. The summed E-state index contributed by atoms with van der Waals surface area (Å²) in [7, 11) is -3.08. The lowest BCUT2D eigenvalue weighted by atomic mass is 10.1. The van der Waals surface area contributed by atoms with E-state index in [1.807, 2.05) is 24.3 Å². The highest BCUT2D eigenvalue weighted by molar-refractivity contribution is 7.91. The second-order valence-electron chi connectivity index (χ2n) is 6.80. The van der Waals surface area contributed by atoms with E-state index in [1.54, 1.807) is 11.0 Å². The molecule has 0 bridgehead atoms. The summed E-state index contributed by atoms with van der Waals surface area (Å²) in [6.07, 6.45) is 2.31. The summed E-state index contributed by atoms with van der Waals surface area (Å²) in [5.41, 5.74) is 0.655. The number of furan rings is 1. The lowest BCUT2D eigenvalue weighted by molar-refractivity contribution is 0.0420. The summed E-state index contributed by atoms with van der Waals surface area (Å²) < 4.78 is 35.2. The van der Waals surface area contributed by atoms with E-state index in [2.05, 4.69) is 0 Å². The van der Waals surface area contributed by atoms with E-state index in [-0.39, 0.29) is 35.3 Å². The van der Waals surface area contributed by atoms with Crippen LogP contribution >= 0.6 is 0 Å². The molecule has 0 radical (unpaired) electrons. The zero-order valence-corrected chi connectivity index (χ0v) is 14.7. The Kier molecular flexibility index (Phi) is 4.29. The SMILES string of the molecule is O=C(c1cc2ccccc2o1)N(C[C@@H]1CCCO1)[C@H]1CCS(=O)(=O)C1. The summed E-state index contributed by atoms with van der Waals surface area (Å²) in [6, 6.07) is 8.86. The highest BCUT2D eigenvalue weighted by Crippen LogP contribution is 2.26. The number of benzene rings is 1. The Hall–Kier alpha value is -1.86. The maximum atomic E-state index is 13.1. The smallest absolute Gasteiger partial charge is 0.289 e. The standard InChI is InChI=1S/C18H21NO5S/c20-18(17-10-13-4-1-2-6-16(13)24-17)19(11-15-5-3-8-23-15)14-7-9-25(21,22)12-14/h1-2,4,6,10,14-15H,3,5,7-9,11-12H2/t14-,15-/m0/s1. The van der Waals surface area contributed by atoms with Crippen molar-refractivity contribution < 1.29 is 22.4 Å². The molecule has 2 atom stereocenters. The fourth-order valence-electron chi connectivity index (χ4n) is 3.66. The number of ether oxygens (including phenoxy) is 1. The molecule has 0 spiro atoms. The van der Waals surface area contributed by atoms with E-state index in [0.717, 1.165) is 18.2 Å². The first-order valence-corrected chi connectivity index (χ1v) is 10.5. The lowest BCUT2D eigenvalue weighted by Gasteiger charge is -2.29. The van der Waals surface area contributed by atoms with Gasteiger partial charge in [0.2, 0.25) is 0 Å². The molecule has 7 heteroatoms. The molecule has 2 aliphatic rings. The van der Waals surface area contributed by atoms with Gasteiger partial charge in [0, 0.05) is 24.6 Å². The molecule has 3 heterocycles. The number of carbonyl (C=O) groups excluding carboxylic acids is 1. The molecule has 2 fully saturated rings. The van der Waals surface area contributed by atoms with Gasteiger partial charge in [0.05, 0.1) is 17.6 Å². The Morgan fingerprint density at radius 2 is 2.08 bits per heavy atom. The summed E-state index contributed by atoms with van der Waals surface area (Å²) >= 11 is 0. The monoisotopic (exact) mass is 363 g/mol. The zero-order valence-electron chi connectivity index (χ0n) is 13.9. The number of amides is 1. The van der Waals surface area contributed by atoms with Gasteiger partial charge >= 0.3 is 0 Å². The quantitative estimate of drug-likeness (QED) is 0.833. The van der Waals surface area contributed by atoms with Gasteiger partial charge in [-0.1, -0.05) is 18.2 Å². The molecule has 2 aromatic rings. The van der Waals surface area contributed by atoms with Crippen LogP contribution in [0.2, 0.25) is 0 Å². The van der Waals surface area contributed by atoms with Gasteiger partial charge in [0.25, 0.3) is 5.91 Å². The van der Waals surface area contributed by atoms with Crippen molar-refractivity contribution in [1.82, 2.24) is 4.90 Å². The molecule has 4 rings (SSSR count). The van der Waals surface area contributed by atoms with Crippen LogP contribution in [-0.2, 0) is 14.6 Å².